The van der Waals surface area contributed by atoms with E-state index < -0.39 is 12.1 Å². The summed E-state index contributed by atoms with van der Waals surface area (Å²) in [5.74, 6) is -1.95. The number of amides is 1. The third kappa shape index (κ3) is 6.15. The highest BCUT2D eigenvalue weighted by Gasteiger charge is 2.38. The number of nitrogens with zero attached hydrogens (tertiary/aromatic N) is 1. The zero-order valence-electron chi connectivity index (χ0n) is 12.4. The van der Waals surface area contributed by atoms with Crippen molar-refractivity contribution in [3.05, 3.63) is 29.8 Å². The minimum atomic E-state index is -5.08. The van der Waals surface area contributed by atoms with E-state index in [4.69, 9.17) is 14.6 Å². The van der Waals surface area contributed by atoms with Crippen molar-refractivity contribution in [2.24, 2.45) is 0 Å². The van der Waals surface area contributed by atoms with Gasteiger partial charge in [-0.15, -0.1) is 0 Å². The third-order valence-electron chi connectivity index (χ3n) is 2.96. The van der Waals surface area contributed by atoms with Crippen molar-refractivity contribution in [3.8, 4) is 5.75 Å². The molecule has 2 rings (SSSR count). The molecule has 1 fully saturated rings. The number of hydrogen-bond donors (Lipinski definition) is 2. The maximum Gasteiger partial charge on any atom is 0.490 e. The number of carbonyl (C=O) groups is 2. The summed E-state index contributed by atoms with van der Waals surface area (Å²) in [6.07, 6.45) is -5.08. The Bertz CT molecular complexity index is 543. The van der Waals surface area contributed by atoms with E-state index in [1.54, 1.807) is 13.2 Å². The normalized spacial score (nSPS) is 14.5. The number of aliphatic carboxylic acids is 1. The average Bonchev–Trinajstić information content (AvgIpc) is 2.54. The van der Waals surface area contributed by atoms with Gasteiger partial charge in [-0.25, -0.2) is 4.79 Å². The van der Waals surface area contributed by atoms with Gasteiger partial charge < -0.3 is 20.1 Å². The Balaban J connectivity index is 0.000000322. The summed E-state index contributed by atoms with van der Waals surface area (Å²) in [6, 6.07) is 7.29. The van der Waals surface area contributed by atoms with E-state index >= 15 is 0 Å². The van der Waals surface area contributed by atoms with Crippen molar-refractivity contribution in [2.45, 2.75) is 6.18 Å². The van der Waals surface area contributed by atoms with Gasteiger partial charge >= 0.3 is 12.1 Å². The van der Waals surface area contributed by atoms with Gasteiger partial charge in [0.05, 0.1) is 7.11 Å². The summed E-state index contributed by atoms with van der Waals surface area (Å²) in [7, 11) is 1.61. The van der Waals surface area contributed by atoms with Crippen LogP contribution in [-0.4, -0.2) is 61.3 Å². The minimum absolute atomic E-state index is 0.0837. The van der Waals surface area contributed by atoms with Gasteiger partial charge in [-0.2, -0.15) is 13.2 Å². The maximum absolute atomic E-state index is 12.1. The number of carboxylic acid groups (broad SMARTS) is 1. The fraction of sp³-hybridized carbons (Fsp3) is 0.429. The molecule has 1 amide bonds. The van der Waals surface area contributed by atoms with Crippen LogP contribution < -0.4 is 10.1 Å². The molecule has 0 radical (unpaired) electrons. The van der Waals surface area contributed by atoms with Crippen molar-refractivity contribution in [1.82, 2.24) is 10.2 Å². The minimum Gasteiger partial charge on any atom is -0.497 e. The predicted molar refractivity (Wildman–Crippen MR) is 75.5 cm³/mol. The first-order chi connectivity index (χ1) is 10.8. The number of nitrogens with one attached hydrogen (secondary N) is 1. The van der Waals surface area contributed by atoms with E-state index in [1.165, 1.54) is 0 Å². The van der Waals surface area contributed by atoms with Crippen LogP contribution in [0.15, 0.2) is 24.3 Å². The highest BCUT2D eigenvalue weighted by molar-refractivity contribution is 5.94. The van der Waals surface area contributed by atoms with Crippen LogP contribution in [0.3, 0.4) is 0 Å². The second-order valence-electron chi connectivity index (χ2n) is 4.58. The quantitative estimate of drug-likeness (QED) is 0.854. The fourth-order valence-corrected chi connectivity index (χ4v) is 1.81. The summed E-state index contributed by atoms with van der Waals surface area (Å²) in [4.78, 5) is 22.9. The second-order valence-corrected chi connectivity index (χ2v) is 4.58. The molecule has 1 aromatic carbocycles. The zero-order valence-corrected chi connectivity index (χ0v) is 12.4. The van der Waals surface area contributed by atoms with Crippen LogP contribution in [-0.2, 0) is 4.79 Å². The van der Waals surface area contributed by atoms with Crippen LogP contribution in [0.1, 0.15) is 10.4 Å². The predicted octanol–water partition coefficient (Wildman–Crippen LogP) is 1.37. The number of ether oxygens (including phenoxy) is 1. The van der Waals surface area contributed by atoms with Crippen LogP contribution in [0.4, 0.5) is 13.2 Å². The van der Waals surface area contributed by atoms with Crippen molar-refractivity contribution in [1.29, 1.82) is 0 Å². The van der Waals surface area contributed by atoms with E-state index in [2.05, 4.69) is 5.32 Å². The molecular weight excluding hydrogens is 317 g/mol. The molecule has 1 saturated heterocycles. The topological polar surface area (TPSA) is 78.9 Å². The van der Waals surface area contributed by atoms with Gasteiger partial charge in [0, 0.05) is 31.7 Å². The molecule has 1 aliphatic rings. The lowest BCUT2D eigenvalue weighted by Crippen LogP contribution is -2.46. The van der Waals surface area contributed by atoms with Crippen molar-refractivity contribution < 1.29 is 32.6 Å². The number of benzene rings is 1. The smallest absolute Gasteiger partial charge is 0.490 e. The van der Waals surface area contributed by atoms with Crippen LogP contribution in [0, 0.1) is 0 Å². The fourth-order valence-electron chi connectivity index (χ4n) is 1.81. The standard InChI is InChI=1S/C12H16N2O2.C2HF3O2/c1-16-11-4-2-3-10(9-11)12(15)14-7-5-13-6-8-14;3-2(4,5)1(6)7/h2-4,9,13H,5-8H2,1H3;(H,6,7). The first kappa shape index (κ1) is 18.8. The number of alkyl halides is 3. The molecule has 9 heteroatoms. The lowest BCUT2D eigenvalue weighted by Gasteiger charge is -2.27. The molecule has 0 aromatic heterocycles. The number of halogens is 3. The van der Waals surface area contributed by atoms with Crippen LogP contribution in [0.5, 0.6) is 5.75 Å². The van der Waals surface area contributed by atoms with E-state index in [-0.39, 0.29) is 5.91 Å². The lowest BCUT2D eigenvalue weighted by atomic mass is 10.2. The van der Waals surface area contributed by atoms with Gasteiger partial charge in [0.1, 0.15) is 5.75 Å². The van der Waals surface area contributed by atoms with Crippen molar-refractivity contribution in [3.63, 3.8) is 0 Å². The molecule has 23 heavy (non-hydrogen) atoms. The highest BCUT2D eigenvalue weighted by atomic mass is 19.4. The molecule has 1 aromatic rings. The van der Waals surface area contributed by atoms with Gasteiger partial charge in [-0.3, -0.25) is 4.79 Å². The van der Waals surface area contributed by atoms with E-state index in [1.807, 2.05) is 23.1 Å². The lowest BCUT2D eigenvalue weighted by molar-refractivity contribution is -0.192. The Hall–Kier alpha value is -2.29. The van der Waals surface area contributed by atoms with Gasteiger partial charge in [-0.05, 0) is 18.2 Å². The summed E-state index contributed by atoms with van der Waals surface area (Å²) in [5.41, 5.74) is 0.696. The second kappa shape index (κ2) is 8.37. The molecule has 0 spiro atoms. The summed E-state index contributed by atoms with van der Waals surface area (Å²) < 4.78 is 36.8. The molecule has 0 unspecified atom stereocenters. The molecule has 2 N–H and O–H groups in total. The van der Waals surface area contributed by atoms with Crippen molar-refractivity contribution in [2.75, 3.05) is 33.3 Å². The van der Waals surface area contributed by atoms with E-state index in [0.29, 0.717) is 5.56 Å². The largest absolute Gasteiger partial charge is 0.497 e. The Kier molecular flexibility index (Phi) is 6.83. The molecule has 0 atom stereocenters. The number of hydrogen-bond acceptors (Lipinski definition) is 4. The van der Waals surface area contributed by atoms with Crippen LogP contribution in [0.2, 0.25) is 0 Å². The molecule has 128 valence electrons. The Morgan fingerprint density at radius 1 is 1.26 bits per heavy atom. The van der Waals surface area contributed by atoms with Crippen molar-refractivity contribution >= 4 is 11.9 Å². The summed E-state index contributed by atoms with van der Waals surface area (Å²) in [5, 5.41) is 10.4. The van der Waals surface area contributed by atoms with Gasteiger partial charge in [0.15, 0.2) is 0 Å². The average molecular weight is 334 g/mol. The monoisotopic (exact) mass is 334 g/mol. The molecule has 6 nitrogen and oxygen atoms in total. The molecule has 1 aliphatic heterocycles. The van der Waals surface area contributed by atoms with E-state index in [0.717, 1.165) is 31.9 Å². The van der Waals surface area contributed by atoms with Crippen LogP contribution in [0.25, 0.3) is 0 Å². The molecule has 0 saturated carbocycles. The Morgan fingerprint density at radius 2 is 1.83 bits per heavy atom. The Morgan fingerprint density at radius 3 is 2.30 bits per heavy atom. The first-order valence-electron chi connectivity index (χ1n) is 6.70. The Labute approximate surface area is 130 Å². The summed E-state index contributed by atoms with van der Waals surface area (Å²) >= 11 is 0. The number of rotatable bonds is 2. The molecule has 1 heterocycles. The number of carbonyl (C=O) groups excluding carboxylic acids is 1. The number of carboxylic acids is 1. The number of piperazine rings is 1. The molecule has 0 aliphatic carbocycles. The highest BCUT2D eigenvalue weighted by Crippen LogP contribution is 2.14. The maximum atomic E-state index is 12.1. The molecule has 0 bridgehead atoms. The van der Waals surface area contributed by atoms with Crippen LogP contribution >= 0.6 is 0 Å². The summed E-state index contributed by atoms with van der Waals surface area (Å²) in [6.45, 7) is 3.29. The van der Waals surface area contributed by atoms with E-state index in [9.17, 15) is 18.0 Å². The van der Waals surface area contributed by atoms with Gasteiger partial charge in [0.2, 0.25) is 0 Å². The first-order valence-corrected chi connectivity index (χ1v) is 6.70. The van der Waals surface area contributed by atoms with Gasteiger partial charge in [-0.1, -0.05) is 6.07 Å². The number of methoxy groups -OCH3 is 1. The third-order valence-corrected chi connectivity index (χ3v) is 2.96. The molecular formula is C14H17F3N2O4. The van der Waals surface area contributed by atoms with Gasteiger partial charge in [0.25, 0.3) is 5.91 Å². The SMILES string of the molecule is COc1cccc(C(=O)N2CCNCC2)c1.O=C(O)C(F)(F)F. The zero-order chi connectivity index (χ0) is 17.5.